The van der Waals surface area contributed by atoms with Gasteiger partial charge in [0.15, 0.2) is 5.96 Å². The Morgan fingerprint density at radius 2 is 1.91 bits per heavy atom. The zero-order valence-corrected chi connectivity index (χ0v) is 15.0. The molecule has 0 aromatic heterocycles. The first kappa shape index (κ1) is 20.9. The molecule has 0 saturated heterocycles. The summed E-state index contributed by atoms with van der Waals surface area (Å²) in [6.07, 6.45) is 3.47. The molecule has 7 N–H and O–H groups in total. The van der Waals surface area contributed by atoms with Gasteiger partial charge in [0.05, 0.1) is 11.0 Å². The highest BCUT2D eigenvalue weighted by Crippen LogP contribution is 2.11. The second-order valence-electron chi connectivity index (χ2n) is 4.79. The third-order valence-corrected chi connectivity index (χ3v) is 4.13. The van der Waals surface area contributed by atoms with Crippen LogP contribution in [0.2, 0.25) is 0 Å². The van der Waals surface area contributed by atoms with E-state index in [4.69, 9.17) is 21.9 Å². The normalized spacial score (nSPS) is 13.0. The first-order chi connectivity index (χ1) is 10.4. The molecule has 0 rings (SSSR count). The molecule has 0 aromatic rings. The minimum Gasteiger partial charge on any atom is -0.467 e. The monoisotopic (exact) mass is 427 g/mol. The molecule has 128 valence electrons. The number of carbonyl (C=O) groups is 2. The van der Waals surface area contributed by atoms with Crippen molar-refractivity contribution in [3.63, 3.8) is 0 Å². The predicted molar refractivity (Wildman–Crippen MR) is 94.6 cm³/mol. The number of ether oxygens (including phenoxy) is 1. The van der Waals surface area contributed by atoms with E-state index < -0.39 is 12.0 Å². The Hall–Kier alpha value is -1.10. The number of hydrogen-bond acceptors (Lipinski definition) is 5. The maximum Gasteiger partial charge on any atom is 0.328 e. The van der Waals surface area contributed by atoms with Crippen LogP contribution in [-0.4, -0.2) is 48.0 Å². The van der Waals surface area contributed by atoms with Crippen molar-refractivity contribution in [1.29, 1.82) is 0 Å². The van der Waals surface area contributed by atoms with Crippen LogP contribution in [0.5, 0.6) is 0 Å². The van der Waals surface area contributed by atoms with Crippen LogP contribution in [-0.2, 0) is 14.3 Å². The Morgan fingerprint density at radius 3 is 2.45 bits per heavy atom. The number of nitrogens with one attached hydrogen (secondary N) is 1. The number of esters is 1. The Morgan fingerprint density at radius 1 is 1.23 bits per heavy atom. The summed E-state index contributed by atoms with van der Waals surface area (Å²) in [6, 6.07) is -0.682. The molecule has 22 heavy (non-hydrogen) atoms. The number of guanidine groups is 1. The second-order valence-corrected chi connectivity index (χ2v) is 6.29. The van der Waals surface area contributed by atoms with Gasteiger partial charge in [-0.05, 0) is 32.2 Å². The number of methoxy groups -OCH3 is 1. The van der Waals surface area contributed by atoms with Gasteiger partial charge in [-0.1, -0.05) is 29.0 Å². The number of nitrogens with zero attached hydrogens (tertiary/aromatic N) is 1. The molecule has 0 aliphatic heterocycles. The van der Waals surface area contributed by atoms with Crippen molar-refractivity contribution in [2.24, 2.45) is 22.2 Å². The van der Waals surface area contributed by atoms with Gasteiger partial charge >= 0.3 is 5.97 Å². The van der Waals surface area contributed by atoms with Crippen molar-refractivity contribution in [2.45, 2.75) is 42.1 Å². The third-order valence-electron chi connectivity index (χ3n) is 2.94. The number of aliphatic imine (C=N–C) groups is 1. The molecule has 0 fully saturated rings. The lowest BCUT2D eigenvalue weighted by Crippen LogP contribution is -2.44. The fraction of sp³-hybridized carbons (Fsp3) is 0.769. The number of hydrogen-bond donors (Lipinski definition) is 4. The molecule has 0 heterocycles. The van der Waals surface area contributed by atoms with Gasteiger partial charge in [-0.3, -0.25) is 9.79 Å². The molecule has 8 nitrogen and oxygen atoms in total. The van der Waals surface area contributed by atoms with E-state index in [1.54, 1.807) is 0 Å². The van der Waals surface area contributed by atoms with Crippen molar-refractivity contribution < 1.29 is 14.3 Å². The predicted octanol–water partition coefficient (Wildman–Crippen LogP) is -0.370. The van der Waals surface area contributed by atoms with Crippen molar-refractivity contribution in [3.05, 3.63) is 0 Å². The minimum atomic E-state index is -0.682. The van der Waals surface area contributed by atoms with Gasteiger partial charge in [0.2, 0.25) is 5.91 Å². The molecule has 0 aliphatic carbocycles. The minimum absolute atomic E-state index is 0.00545. The smallest absolute Gasteiger partial charge is 0.328 e. The van der Waals surface area contributed by atoms with Crippen LogP contribution in [0.3, 0.4) is 0 Å². The zero-order chi connectivity index (χ0) is 17.0. The van der Waals surface area contributed by atoms with Crippen molar-refractivity contribution in [1.82, 2.24) is 5.32 Å². The lowest BCUT2D eigenvalue weighted by molar-refractivity contribution is -0.145. The van der Waals surface area contributed by atoms with Gasteiger partial charge in [-0.2, -0.15) is 0 Å². The molecular formula is C13H26IN5O3. The number of unbranched alkanes of at least 4 members (excludes halogenated alkanes) is 1. The lowest BCUT2D eigenvalue weighted by Gasteiger charge is -2.18. The summed E-state index contributed by atoms with van der Waals surface area (Å²) >= 11 is 2.07. The fourth-order valence-corrected chi connectivity index (χ4v) is 2.38. The van der Waals surface area contributed by atoms with E-state index in [1.165, 1.54) is 7.11 Å². The summed E-state index contributed by atoms with van der Waals surface area (Å²) in [6.45, 7) is 1.01. The number of nitrogens with two attached hydrogens (primary N) is 3. The number of halogens is 1. The largest absolute Gasteiger partial charge is 0.467 e. The van der Waals surface area contributed by atoms with E-state index >= 15 is 0 Å². The van der Waals surface area contributed by atoms with Crippen molar-refractivity contribution in [2.75, 3.05) is 20.2 Å². The number of alkyl halides is 1. The molecule has 0 saturated carbocycles. The topological polar surface area (TPSA) is 146 Å². The van der Waals surface area contributed by atoms with Gasteiger partial charge < -0.3 is 27.3 Å². The summed E-state index contributed by atoms with van der Waals surface area (Å²) < 4.78 is 4.51. The standard InChI is InChI=1S/C13H26IN5O3/c1-22-12(21)10(6-4-8-18-13(16)17)19-11(20)9(14)5-2-3-7-15/h9-10H,2-8,15H2,1H3,(H,19,20)(H4,16,17,18). The second kappa shape index (κ2) is 12.4. The highest BCUT2D eigenvalue weighted by molar-refractivity contribution is 14.1. The molecular weight excluding hydrogens is 401 g/mol. The summed E-state index contributed by atoms with van der Waals surface area (Å²) in [4.78, 5) is 27.6. The van der Waals surface area contributed by atoms with Crippen LogP contribution in [0, 0.1) is 0 Å². The molecule has 1 amide bonds. The quantitative estimate of drug-likeness (QED) is 0.0884. The number of amides is 1. The Kier molecular flexibility index (Phi) is 11.8. The Labute approximate surface area is 144 Å². The van der Waals surface area contributed by atoms with Crippen LogP contribution in [0.4, 0.5) is 0 Å². The maximum absolute atomic E-state index is 12.1. The van der Waals surface area contributed by atoms with Gasteiger partial charge in [0, 0.05) is 6.54 Å². The van der Waals surface area contributed by atoms with Gasteiger partial charge in [-0.15, -0.1) is 0 Å². The van der Waals surface area contributed by atoms with E-state index in [9.17, 15) is 9.59 Å². The highest BCUT2D eigenvalue weighted by atomic mass is 127. The van der Waals surface area contributed by atoms with Crippen LogP contribution in [0.1, 0.15) is 32.1 Å². The molecule has 0 bridgehead atoms. The summed E-state index contributed by atoms with van der Waals surface area (Å²) in [5.74, 6) is -0.635. The highest BCUT2D eigenvalue weighted by Gasteiger charge is 2.24. The van der Waals surface area contributed by atoms with Crippen LogP contribution in [0.15, 0.2) is 4.99 Å². The van der Waals surface area contributed by atoms with Gasteiger partial charge in [0.25, 0.3) is 0 Å². The van der Waals surface area contributed by atoms with E-state index in [0.717, 1.165) is 19.3 Å². The van der Waals surface area contributed by atoms with Crippen molar-refractivity contribution >= 4 is 40.4 Å². The summed E-state index contributed by atoms with van der Waals surface area (Å²) in [5.41, 5.74) is 15.9. The maximum atomic E-state index is 12.1. The Bertz CT molecular complexity index is 375. The van der Waals surface area contributed by atoms with E-state index in [2.05, 4.69) is 32.9 Å². The first-order valence-electron chi connectivity index (χ1n) is 7.20. The number of carbonyl (C=O) groups excluding carboxylic acids is 2. The summed E-state index contributed by atoms with van der Waals surface area (Å²) in [7, 11) is 1.29. The van der Waals surface area contributed by atoms with Crippen molar-refractivity contribution in [3.8, 4) is 0 Å². The molecule has 0 spiro atoms. The average Bonchev–Trinajstić information content (AvgIpc) is 2.49. The van der Waals surface area contributed by atoms with Crippen LogP contribution < -0.4 is 22.5 Å². The van der Waals surface area contributed by atoms with E-state index in [-0.39, 0.29) is 15.8 Å². The third kappa shape index (κ3) is 9.77. The van der Waals surface area contributed by atoms with E-state index in [1.807, 2.05) is 0 Å². The summed E-state index contributed by atoms with van der Waals surface area (Å²) in [5, 5.41) is 2.72. The molecule has 0 radical (unpaired) electrons. The van der Waals surface area contributed by atoms with Gasteiger partial charge in [0.1, 0.15) is 6.04 Å². The fourth-order valence-electron chi connectivity index (χ4n) is 1.76. The molecule has 2 unspecified atom stereocenters. The zero-order valence-electron chi connectivity index (χ0n) is 12.9. The number of rotatable bonds is 11. The molecule has 0 aromatic carbocycles. The molecule has 0 aliphatic rings. The van der Waals surface area contributed by atoms with E-state index in [0.29, 0.717) is 25.9 Å². The Balaban J connectivity index is 4.35. The molecule has 9 heteroatoms. The molecule has 2 atom stereocenters. The van der Waals surface area contributed by atoms with Gasteiger partial charge in [-0.25, -0.2) is 4.79 Å². The van der Waals surface area contributed by atoms with Crippen LogP contribution in [0.25, 0.3) is 0 Å². The lowest BCUT2D eigenvalue weighted by atomic mass is 10.1. The van der Waals surface area contributed by atoms with Crippen LogP contribution >= 0.6 is 22.6 Å². The average molecular weight is 427 g/mol. The SMILES string of the molecule is COC(=O)C(CCCN=C(N)N)NC(=O)C(I)CCCCN. The first-order valence-corrected chi connectivity index (χ1v) is 8.44.